The van der Waals surface area contributed by atoms with Crippen molar-refractivity contribution in [1.29, 1.82) is 0 Å². The fraction of sp³-hybridized carbons (Fsp3) is 0.294. The van der Waals surface area contributed by atoms with Gasteiger partial charge in [0.15, 0.2) is 19.7 Å². The molecule has 0 fully saturated rings. The normalized spacial score (nSPS) is 12.1. The molecular formula is C17H21NO4S2. The Kier molecular flexibility index (Phi) is 5.66. The lowest BCUT2D eigenvalue weighted by molar-refractivity contribution is 0.600. The number of anilines is 1. The molecule has 5 nitrogen and oxygen atoms in total. The van der Waals surface area contributed by atoms with Crippen LogP contribution in [0.2, 0.25) is 0 Å². The van der Waals surface area contributed by atoms with E-state index < -0.39 is 19.7 Å². The Hall–Kier alpha value is -1.86. The van der Waals surface area contributed by atoms with Gasteiger partial charge in [-0.2, -0.15) is 0 Å². The topological polar surface area (TPSA) is 80.3 Å². The highest BCUT2D eigenvalue weighted by atomic mass is 32.2. The summed E-state index contributed by atoms with van der Waals surface area (Å²) >= 11 is 0. The van der Waals surface area contributed by atoms with Gasteiger partial charge in [0.2, 0.25) is 0 Å². The third kappa shape index (κ3) is 5.07. The first-order valence-corrected chi connectivity index (χ1v) is 11.3. The summed E-state index contributed by atoms with van der Waals surface area (Å²) < 4.78 is 47.2. The van der Waals surface area contributed by atoms with Gasteiger partial charge in [0.1, 0.15) is 0 Å². The zero-order chi connectivity index (χ0) is 17.8. The van der Waals surface area contributed by atoms with Gasteiger partial charge < -0.3 is 5.32 Å². The van der Waals surface area contributed by atoms with Crippen molar-refractivity contribution in [2.24, 2.45) is 0 Å². The number of aryl methyl sites for hydroxylation is 1. The van der Waals surface area contributed by atoms with E-state index >= 15 is 0 Å². The van der Waals surface area contributed by atoms with Crippen molar-refractivity contribution < 1.29 is 16.8 Å². The molecular weight excluding hydrogens is 346 g/mol. The van der Waals surface area contributed by atoms with Crippen molar-refractivity contribution in [1.82, 2.24) is 0 Å². The van der Waals surface area contributed by atoms with Gasteiger partial charge in [0.25, 0.3) is 0 Å². The number of sulfone groups is 2. The first-order chi connectivity index (χ1) is 11.2. The molecule has 0 aromatic heterocycles. The second kappa shape index (κ2) is 7.36. The van der Waals surface area contributed by atoms with Crippen LogP contribution in [0.1, 0.15) is 12.0 Å². The molecule has 130 valence electrons. The summed E-state index contributed by atoms with van der Waals surface area (Å²) in [4.78, 5) is 0.00268. The summed E-state index contributed by atoms with van der Waals surface area (Å²) in [5.74, 6) is 0. The van der Waals surface area contributed by atoms with Crippen molar-refractivity contribution in [2.45, 2.75) is 22.6 Å². The third-order valence-electron chi connectivity index (χ3n) is 3.58. The molecule has 2 aromatic carbocycles. The third-order valence-corrected chi connectivity index (χ3v) is 5.83. The molecule has 2 aromatic rings. The lowest BCUT2D eigenvalue weighted by atomic mass is 10.1. The maximum Gasteiger partial charge on any atom is 0.177 e. The highest BCUT2D eigenvalue weighted by molar-refractivity contribution is 7.91. The molecule has 0 aliphatic carbocycles. The molecule has 0 atom stereocenters. The largest absolute Gasteiger partial charge is 0.384 e. The number of hydrogen-bond donors (Lipinski definition) is 1. The molecule has 1 N–H and O–H groups in total. The van der Waals surface area contributed by atoms with Crippen molar-refractivity contribution >= 4 is 25.4 Å². The van der Waals surface area contributed by atoms with Gasteiger partial charge in [-0.25, -0.2) is 16.8 Å². The summed E-state index contributed by atoms with van der Waals surface area (Å²) in [6, 6.07) is 14.2. The van der Waals surface area contributed by atoms with E-state index in [9.17, 15) is 16.8 Å². The van der Waals surface area contributed by atoms with Gasteiger partial charge in [-0.1, -0.05) is 30.3 Å². The van der Waals surface area contributed by atoms with Crippen LogP contribution < -0.4 is 5.32 Å². The van der Waals surface area contributed by atoms with E-state index in [1.165, 1.54) is 23.8 Å². The van der Waals surface area contributed by atoms with Crippen LogP contribution >= 0.6 is 0 Å². The maximum absolute atomic E-state index is 12.0. The molecule has 0 bridgehead atoms. The highest BCUT2D eigenvalue weighted by Crippen LogP contribution is 2.25. The molecule has 0 saturated carbocycles. The molecule has 7 heteroatoms. The van der Waals surface area contributed by atoms with Crippen LogP contribution in [-0.4, -0.2) is 35.9 Å². The van der Waals surface area contributed by atoms with Crippen LogP contribution in [0.3, 0.4) is 0 Å². The standard InChI is InChI=1S/C17H21NO4S2/c1-23(19,20)15-10-11-16(17(13-15)24(2,21)22)18-12-6-9-14-7-4-3-5-8-14/h3-5,7-8,10-11,13,18H,6,9,12H2,1-2H3. The highest BCUT2D eigenvalue weighted by Gasteiger charge is 2.17. The second-order valence-electron chi connectivity index (χ2n) is 5.72. The lowest BCUT2D eigenvalue weighted by Crippen LogP contribution is -2.10. The van der Waals surface area contributed by atoms with Gasteiger partial charge in [0, 0.05) is 19.1 Å². The molecule has 0 unspecified atom stereocenters. The average molecular weight is 367 g/mol. The minimum Gasteiger partial charge on any atom is -0.384 e. The van der Waals surface area contributed by atoms with E-state index in [1.54, 1.807) is 0 Å². The first-order valence-electron chi connectivity index (χ1n) is 7.50. The Balaban J connectivity index is 2.12. The van der Waals surface area contributed by atoms with Crippen molar-refractivity contribution in [2.75, 3.05) is 24.4 Å². The maximum atomic E-state index is 12.0. The predicted octanol–water partition coefficient (Wildman–Crippen LogP) is 2.54. The van der Waals surface area contributed by atoms with Gasteiger partial charge >= 0.3 is 0 Å². The van der Waals surface area contributed by atoms with Crippen LogP contribution in [0.15, 0.2) is 58.3 Å². The van der Waals surface area contributed by atoms with E-state index in [0.717, 1.165) is 25.4 Å². The van der Waals surface area contributed by atoms with Crippen LogP contribution in [0.4, 0.5) is 5.69 Å². The molecule has 24 heavy (non-hydrogen) atoms. The Morgan fingerprint density at radius 3 is 2.12 bits per heavy atom. The minimum atomic E-state index is -3.53. The Morgan fingerprint density at radius 1 is 0.875 bits per heavy atom. The summed E-state index contributed by atoms with van der Waals surface area (Å²) in [6.07, 6.45) is 3.84. The molecule has 0 aliphatic heterocycles. The fourth-order valence-corrected chi connectivity index (χ4v) is 3.95. The monoisotopic (exact) mass is 367 g/mol. The molecule has 0 heterocycles. The molecule has 0 radical (unpaired) electrons. The minimum absolute atomic E-state index is 0.00207. The summed E-state index contributed by atoms with van der Waals surface area (Å²) in [5, 5.41) is 3.09. The number of nitrogens with one attached hydrogen (secondary N) is 1. The Bertz CT molecular complexity index is 905. The predicted molar refractivity (Wildman–Crippen MR) is 95.9 cm³/mol. The van der Waals surface area contributed by atoms with Gasteiger partial charge in [0.05, 0.1) is 15.5 Å². The lowest BCUT2D eigenvalue weighted by Gasteiger charge is -2.12. The smallest absolute Gasteiger partial charge is 0.177 e. The van der Waals surface area contributed by atoms with E-state index in [0.29, 0.717) is 12.2 Å². The molecule has 0 spiro atoms. The van der Waals surface area contributed by atoms with E-state index in [1.807, 2.05) is 30.3 Å². The Morgan fingerprint density at radius 2 is 1.54 bits per heavy atom. The van der Waals surface area contributed by atoms with Gasteiger partial charge in [-0.3, -0.25) is 0 Å². The number of benzene rings is 2. The molecule has 2 rings (SSSR count). The van der Waals surface area contributed by atoms with Crippen molar-refractivity contribution in [3.8, 4) is 0 Å². The molecule has 0 aliphatic rings. The van der Waals surface area contributed by atoms with E-state index in [4.69, 9.17) is 0 Å². The number of hydrogen-bond acceptors (Lipinski definition) is 5. The van der Waals surface area contributed by atoms with Crippen molar-refractivity contribution in [3.05, 3.63) is 54.1 Å². The van der Waals surface area contributed by atoms with Crippen LogP contribution in [0.25, 0.3) is 0 Å². The summed E-state index contributed by atoms with van der Waals surface area (Å²) in [5.41, 5.74) is 1.65. The second-order valence-corrected chi connectivity index (χ2v) is 9.72. The average Bonchev–Trinajstić information content (AvgIpc) is 2.50. The van der Waals surface area contributed by atoms with Crippen molar-refractivity contribution in [3.63, 3.8) is 0 Å². The van der Waals surface area contributed by atoms with Crippen LogP contribution in [-0.2, 0) is 26.1 Å². The zero-order valence-corrected chi connectivity index (χ0v) is 15.3. The quantitative estimate of drug-likeness (QED) is 0.761. The first kappa shape index (κ1) is 18.5. The molecule has 0 amide bonds. The van der Waals surface area contributed by atoms with Crippen LogP contribution in [0, 0.1) is 0 Å². The Labute approximate surface area is 143 Å². The fourth-order valence-electron chi connectivity index (χ4n) is 2.35. The van der Waals surface area contributed by atoms with Gasteiger partial charge in [-0.15, -0.1) is 0 Å². The summed E-state index contributed by atoms with van der Waals surface area (Å²) in [6.45, 7) is 0.593. The zero-order valence-electron chi connectivity index (χ0n) is 13.7. The number of rotatable bonds is 7. The van der Waals surface area contributed by atoms with Crippen LogP contribution in [0.5, 0.6) is 0 Å². The van der Waals surface area contributed by atoms with Gasteiger partial charge in [-0.05, 0) is 36.6 Å². The van der Waals surface area contributed by atoms with E-state index in [-0.39, 0.29) is 9.79 Å². The SMILES string of the molecule is CS(=O)(=O)c1ccc(NCCCc2ccccc2)c(S(C)(=O)=O)c1. The molecule has 0 saturated heterocycles. The van der Waals surface area contributed by atoms with E-state index in [2.05, 4.69) is 5.32 Å². The summed E-state index contributed by atoms with van der Waals surface area (Å²) in [7, 11) is -6.99.